The van der Waals surface area contributed by atoms with Crippen molar-refractivity contribution in [1.29, 1.82) is 0 Å². The van der Waals surface area contributed by atoms with Crippen LogP contribution in [-0.2, 0) is 6.42 Å². The zero-order valence-electron chi connectivity index (χ0n) is 17.1. The highest BCUT2D eigenvalue weighted by Gasteiger charge is 2.03. The minimum Gasteiger partial charge on any atom is -0.256 e. The van der Waals surface area contributed by atoms with Crippen LogP contribution in [-0.4, -0.2) is 10.1 Å². The standard InChI is InChI=1S/C26H28N2S/c1-2-3-4-5-6-7-8-21-9-11-22(12-10-21)24-15-18-26(27-19-24)23-13-16-25(17-14-23)28-20-29/h9-19H,2-8H2,1H3. The molecule has 0 bridgehead atoms. The molecule has 0 atom stereocenters. The first-order valence-corrected chi connectivity index (χ1v) is 10.9. The number of aromatic nitrogens is 1. The third-order valence-electron chi connectivity index (χ3n) is 5.21. The summed E-state index contributed by atoms with van der Waals surface area (Å²) in [5, 5.41) is 2.39. The van der Waals surface area contributed by atoms with Crippen molar-refractivity contribution in [2.75, 3.05) is 0 Å². The van der Waals surface area contributed by atoms with Crippen molar-refractivity contribution in [3.63, 3.8) is 0 Å². The summed E-state index contributed by atoms with van der Waals surface area (Å²) < 4.78 is 0. The van der Waals surface area contributed by atoms with Crippen molar-refractivity contribution in [3.8, 4) is 22.4 Å². The van der Waals surface area contributed by atoms with E-state index in [-0.39, 0.29) is 0 Å². The van der Waals surface area contributed by atoms with E-state index in [0.29, 0.717) is 0 Å². The Bertz CT molecular complexity index is 922. The first-order chi connectivity index (χ1) is 14.3. The van der Waals surface area contributed by atoms with Gasteiger partial charge in [-0.3, -0.25) is 4.98 Å². The van der Waals surface area contributed by atoms with Gasteiger partial charge in [0.05, 0.1) is 16.5 Å². The van der Waals surface area contributed by atoms with Crippen molar-refractivity contribution >= 4 is 23.1 Å². The predicted molar refractivity (Wildman–Crippen MR) is 127 cm³/mol. The van der Waals surface area contributed by atoms with Crippen LogP contribution >= 0.6 is 12.2 Å². The molecule has 0 aliphatic heterocycles. The van der Waals surface area contributed by atoms with Gasteiger partial charge in [0.2, 0.25) is 0 Å². The smallest absolute Gasteiger partial charge is 0.0740 e. The van der Waals surface area contributed by atoms with E-state index in [4.69, 9.17) is 0 Å². The Morgan fingerprint density at radius 1 is 0.759 bits per heavy atom. The number of aliphatic imine (C=N–C) groups is 1. The Hall–Kier alpha value is -2.61. The van der Waals surface area contributed by atoms with Crippen molar-refractivity contribution < 1.29 is 0 Å². The molecule has 0 aliphatic carbocycles. The first kappa shape index (κ1) is 21.1. The van der Waals surface area contributed by atoms with Crippen LogP contribution < -0.4 is 0 Å². The van der Waals surface area contributed by atoms with Gasteiger partial charge in [0, 0.05) is 17.3 Å². The van der Waals surface area contributed by atoms with Gasteiger partial charge in [-0.05, 0) is 54.4 Å². The Morgan fingerprint density at radius 3 is 2.07 bits per heavy atom. The Labute approximate surface area is 179 Å². The van der Waals surface area contributed by atoms with Crippen LogP contribution in [0.1, 0.15) is 51.0 Å². The molecule has 0 fully saturated rings. The predicted octanol–water partition coefficient (Wildman–Crippen LogP) is 8.05. The molecule has 0 radical (unpaired) electrons. The van der Waals surface area contributed by atoms with Crippen LogP contribution in [0.25, 0.3) is 22.4 Å². The lowest BCUT2D eigenvalue weighted by atomic mass is 10.0. The summed E-state index contributed by atoms with van der Waals surface area (Å²) >= 11 is 4.64. The van der Waals surface area contributed by atoms with Crippen LogP contribution in [0, 0.1) is 0 Å². The highest BCUT2D eigenvalue weighted by Crippen LogP contribution is 2.25. The van der Waals surface area contributed by atoms with Crippen LogP contribution in [0.3, 0.4) is 0 Å². The summed E-state index contributed by atoms with van der Waals surface area (Å²) in [5.41, 5.74) is 6.60. The number of rotatable bonds is 10. The van der Waals surface area contributed by atoms with Gasteiger partial charge >= 0.3 is 0 Å². The van der Waals surface area contributed by atoms with Crippen molar-refractivity contribution in [2.24, 2.45) is 4.99 Å². The van der Waals surface area contributed by atoms with Gasteiger partial charge in [-0.2, -0.15) is 4.99 Å². The van der Waals surface area contributed by atoms with E-state index in [0.717, 1.165) is 22.5 Å². The molecule has 3 rings (SSSR count). The van der Waals surface area contributed by atoms with E-state index in [1.807, 2.05) is 30.5 Å². The number of pyridine rings is 1. The molecular weight excluding hydrogens is 372 g/mol. The van der Waals surface area contributed by atoms with E-state index in [9.17, 15) is 0 Å². The second-order valence-electron chi connectivity index (χ2n) is 7.40. The van der Waals surface area contributed by atoms with E-state index < -0.39 is 0 Å². The molecule has 0 saturated heterocycles. The largest absolute Gasteiger partial charge is 0.256 e. The van der Waals surface area contributed by atoms with Crippen LogP contribution in [0.5, 0.6) is 0 Å². The van der Waals surface area contributed by atoms with E-state index >= 15 is 0 Å². The summed E-state index contributed by atoms with van der Waals surface area (Å²) in [6.07, 6.45) is 11.2. The fraction of sp³-hybridized carbons (Fsp3) is 0.308. The van der Waals surface area contributed by atoms with Crippen LogP contribution in [0.2, 0.25) is 0 Å². The molecule has 0 N–H and O–H groups in total. The molecule has 0 unspecified atom stereocenters. The lowest BCUT2D eigenvalue weighted by Crippen LogP contribution is -1.88. The SMILES string of the molecule is CCCCCCCCc1ccc(-c2ccc(-c3ccc(N=C=S)cc3)nc2)cc1. The summed E-state index contributed by atoms with van der Waals surface area (Å²) in [4.78, 5) is 8.62. The zero-order chi connectivity index (χ0) is 20.3. The van der Waals surface area contributed by atoms with E-state index in [2.05, 4.69) is 70.7 Å². The average molecular weight is 401 g/mol. The van der Waals surface area contributed by atoms with E-state index in [1.165, 1.54) is 56.1 Å². The van der Waals surface area contributed by atoms with Crippen LogP contribution in [0.15, 0.2) is 71.9 Å². The second-order valence-corrected chi connectivity index (χ2v) is 7.58. The summed E-state index contributed by atoms with van der Waals surface area (Å²) in [6, 6.07) is 21.0. The maximum Gasteiger partial charge on any atom is 0.0740 e. The molecule has 1 aromatic heterocycles. The van der Waals surface area contributed by atoms with Crippen LogP contribution in [0.4, 0.5) is 5.69 Å². The molecular formula is C26H28N2S. The van der Waals surface area contributed by atoms with Crippen molar-refractivity contribution in [3.05, 3.63) is 72.4 Å². The maximum absolute atomic E-state index is 4.64. The summed E-state index contributed by atoms with van der Waals surface area (Å²) in [5.74, 6) is 0. The fourth-order valence-corrected chi connectivity index (χ4v) is 3.57. The molecule has 0 spiro atoms. The fourth-order valence-electron chi connectivity index (χ4n) is 3.47. The molecule has 0 saturated carbocycles. The third-order valence-corrected chi connectivity index (χ3v) is 5.30. The minimum absolute atomic E-state index is 0.807. The number of thiocarbonyl (C=S) groups is 1. The number of hydrogen-bond acceptors (Lipinski definition) is 3. The molecule has 148 valence electrons. The topological polar surface area (TPSA) is 25.2 Å². The van der Waals surface area contributed by atoms with Gasteiger partial charge in [0.25, 0.3) is 0 Å². The number of nitrogens with zero attached hydrogens (tertiary/aromatic N) is 2. The van der Waals surface area contributed by atoms with Gasteiger partial charge < -0.3 is 0 Å². The quantitative estimate of drug-likeness (QED) is 0.195. The molecule has 3 aromatic rings. The molecule has 29 heavy (non-hydrogen) atoms. The Balaban J connectivity index is 1.57. The molecule has 3 heteroatoms. The Morgan fingerprint density at radius 2 is 1.41 bits per heavy atom. The maximum atomic E-state index is 4.64. The van der Waals surface area contributed by atoms with Gasteiger partial charge in [0.15, 0.2) is 0 Å². The Kier molecular flexibility index (Phi) is 8.30. The van der Waals surface area contributed by atoms with Gasteiger partial charge in [-0.25, -0.2) is 0 Å². The van der Waals surface area contributed by atoms with Crippen molar-refractivity contribution in [2.45, 2.75) is 51.9 Å². The number of isothiocyanates is 1. The summed E-state index contributed by atoms with van der Waals surface area (Å²) in [6.45, 7) is 2.26. The first-order valence-electron chi connectivity index (χ1n) is 10.5. The highest BCUT2D eigenvalue weighted by molar-refractivity contribution is 7.78. The van der Waals surface area contributed by atoms with E-state index in [1.54, 1.807) is 0 Å². The number of hydrogen-bond donors (Lipinski definition) is 0. The lowest BCUT2D eigenvalue weighted by Gasteiger charge is -2.06. The second kappa shape index (κ2) is 11.4. The normalized spacial score (nSPS) is 10.5. The van der Waals surface area contributed by atoms with Gasteiger partial charge in [0.1, 0.15) is 0 Å². The average Bonchev–Trinajstić information content (AvgIpc) is 2.78. The highest BCUT2D eigenvalue weighted by atomic mass is 32.1. The molecule has 2 nitrogen and oxygen atoms in total. The number of unbranched alkanes of at least 4 members (excludes halogenated alkanes) is 5. The van der Waals surface area contributed by atoms with Gasteiger partial charge in [-0.1, -0.05) is 81.5 Å². The molecule has 0 aliphatic rings. The van der Waals surface area contributed by atoms with Gasteiger partial charge in [-0.15, -0.1) is 0 Å². The monoisotopic (exact) mass is 400 g/mol. The minimum atomic E-state index is 0.807. The third kappa shape index (κ3) is 6.45. The summed E-state index contributed by atoms with van der Waals surface area (Å²) in [7, 11) is 0. The molecule has 1 heterocycles. The number of aryl methyl sites for hydroxylation is 1. The molecule has 0 amide bonds. The zero-order valence-corrected chi connectivity index (χ0v) is 17.9. The lowest BCUT2D eigenvalue weighted by molar-refractivity contribution is 0.607. The molecule has 2 aromatic carbocycles. The van der Waals surface area contributed by atoms with Crippen molar-refractivity contribution in [1.82, 2.24) is 4.98 Å². The number of benzene rings is 2.